The molecule has 0 unspecified atom stereocenters. The van der Waals surface area contributed by atoms with Gasteiger partial charge in [-0.25, -0.2) is 31.0 Å². The SMILES string of the molecule is Cc1cc(-c2[nH]c(C(F)F)nc2-c2cc(F)c(S(C)(=O)=O)c(F)c2)ccc1OC(F)(F)F. The zero-order valence-corrected chi connectivity index (χ0v) is 17.0. The van der Waals surface area contributed by atoms with Crippen molar-refractivity contribution in [3.63, 3.8) is 0 Å². The van der Waals surface area contributed by atoms with Crippen molar-refractivity contribution in [1.29, 1.82) is 0 Å². The van der Waals surface area contributed by atoms with Crippen LogP contribution in [0.25, 0.3) is 22.5 Å². The van der Waals surface area contributed by atoms with E-state index in [0.717, 1.165) is 12.1 Å². The molecule has 0 aliphatic heterocycles. The number of imidazole rings is 1. The Morgan fingerprint density at radius 1 is 1.03 bits per heavy atom. The summed E-state index contributed by atoms with van der Waals surface area (Å²) in [6.07, 6.45) is -7.47. The van der Waals surface area contributed by atoms with Crippen LogP contribution >= 0.6 is 0 Å². The fourth-order valence-corrected chi connectivity index (χ4v) is 3.83. The van der Waals surface area contributed by atoms with Crippen molar-refractivity contribution in [3.8, 4) is 28.3 Å². The van der Waals surface area contributed by atoms with Crippen molar-refractivity contribution in [3.05, 3.63) is 53.4 Å². The standard InChI is InChI=1S/C19H13F7N2O3S/c1-8-5-9(3-4-13(8)31-19(24,25)26)14-15(28-18(27-14)17(22)23)10-6-11(20)16(12(21)7-10)32(2,29)30/h3-7,17H,1-2H3,(H,27,28). The lowest BCUT2D eigenvalue weighted by molar-refractivity contribution is -0.274. The van der Waals surface area contributed by atoms with Crippen LogP contribution in [0.1, 0.15) is 17.8 Å². The van der Waals surface area contributed by atoms with Crippen LogP contribution in [0.15, 0.2) is 35.2 Å². The van der Waals surface area contributed by atoms with Gasteiger partial charge in [-0.15, -0.1) is 13.2 Å². The molecule has 1 aromatic heterocycles. The number of ether oxygens (including phenoxy) is 1. The lowest BCUT2D eigenvalue weighted by Crippen LogP contribution is -2.17. The number of aromatic nitrogens is 2. The Kier molecular flexibility index (Phi) is 5.98. The van der Waals surface area contributed by atoms with Crippen molar-refractivity contribution in [2.24, 2.45) is 0 Å². The first kappa shape index (κ1) is 23.6. The summed E-state index contributed by atoms with van der Waals surface area (Å²) in [5.74, 6) is -4.32. The summed E-state index contributed by atoms with van der Waals surface area (Å²) in [4.78, 5) is 4.73. The van der Waals surface area contributed by atoms with Gasteiger partial charge in [-0.1, -0.05) is 0 Å². The molecule has 0 amide bonds. The minimum Gasteiger partial charge on any atom is -0.406 e. The molecular weight excluding hydrogens is 469 g/mol. The molecule has 0 spiro atoms. The molecule has 5 nitrogen and oxygen atoms in total. The largest absolute Gasteiger partial charge is 0.573 e. The normalized spacial score (nSPS) is 12.4. The van der Waals surface area contributed by atoms with Gasteiger partial charge in [0.05, 0.1) is 11.4 Å². The summed E-state index contributed by atoms with van der Waals surface area (Å²) < 4.78 is 120. The molecular formula is C19H13F7N2O3S. The number of H-pyrrole nitrogens is 1. The minimum absolute atomic E-state index is 0.0104. The van der Waals surface area contributed by atoms with Gasteiger partial charge in [0.2, 0.25) is 0 Å². The maximum atomic E-state index is 14.3. The summed E-state index contributed by atoms with van der Waals surface area (Å²) in [6, 6.07) is 4.45. The zero-order valence-electron chi connectivity index (χ0n) is 16.2. The molecule has 0 aliphatic rings. The Labute approximate surface area is 176 Å². The Morgan fingerprint density at radius 3 is 2.09 bits per heavy atom. The number of nitrogens with one attached hydrogen (secondary N) is 1. The van der Waals surface area contributed by atoms with E-state index in [1.165, 1.54) is 13.0 Å². The lowest BCUT2D eigenvalue weighted by atomic mass is 10.0. The number of benzene rings is 2. The van der Waals surface area contributed by atoms with Crippen molar-refractivity contribution in [2.45, 2.75) is 24.6 Å². The average Bonchev–Trinajstić information content (AvgIpc) is 3.06. The van der Waals surface area contributed by atoms with E-state index in [2.05, 4.69) is 14.7 Å². The molecule has 0 aliphatic carbocycles. The zero-order chi connectivity index (χ0) is 24.0. The van der Waals surface area contributed by atoms with Gasteiger partial charge >= 0.3 is 6.36 Å². The fraction of sp³-hybridized carbons (Fsp3) is 0.211. The van der Waals surface area contributed by atoms with Gasteiger partial charge in [0.25, 0.3) is 6.43 Å². The van der Waals surface area contributed by atoms with E-state index < -0.39 is 50.7 Å². The highest BCUT2D eigenvalue weighted by Crippen LogP contribution is 2.37. The molecule has 0 saturated heterocycles. The molecule has 32 heavy (non-hydrogen) atoms. The van der Waals surface area contributed by atoms with Gasteiger partial charge in [0.15, 0.2) is 15.7 Å². The number of sulfone groups is 1. The fourth-order valence-electron chi connectivity index (χ4n) is 3.01. The molecule has 0 fully saturated rings. The third-order valence-corrected chi connectivity index (χ3v) is 5.39. The third-order valence-electron chi connectivity index (χ3n) is 4.26. The summed E-state index contributed by atoms with van der Waals surface area (Å²) in [5, 5.41) is 0. The van der Waals surface area contributed by atoms with E-state index in [9.17, 15) is 39.2 Å². The number of nitrogens with zero attached hydrogens (tertiary/aromatic N) is 1. The molecule has 0 bridgehead atoms. The second-order valence-corrected chi connectivity index (χ2v) is 8.67. The Morgan fingerprint density at radius 2 is 1.62 bits per heavy atom. The van der Waals surface area contributed by atoms with Gasteiger partial charge in [0, 0.05) is 17.4 Å². The number of aromatic amines is 1. The molecule has 1 heterocycles. The van der Waals surface area contributed by atoms with Gasteiger partial charge in [-0.2, -0.15) is 0 Å². The highest BCUT2D eigenvalue weighted by atomic mass is 32.2. The number of hydrogen-bond acceptors (Lipinski definition) is 4. The summed E-state index contributed by atoms with van der Waals surface area (Å²) in [7, 11) is -4.26. The first-order chi connectivity index (χ1) is 14.7. The summed E-state index contributed by atoms with van der Waals surface area (Å²) in [5.41, 5.74) is -0.836. The van der Waals surface area contributed by atoms with Crippen LogP contribution in [0.5, 0.6) is 5.75 Å². The number of alkyl halides is 5. The van der Waals surface area contributed by atoms with Crippen molar-refractivity contribution in [2.75, 3.05) is 6.26 Å². The average molecular weight is 482 g/mol. The van der Waals surface area contributed by atoms with E-state index >= 15 is 0 Å². The second-order valence-electron chi connectivity index (χ2n) is 6.72. The number of rotatable bonds is 5. The molecule has 13 heteroatoms. The predicted octanol–water partition coefficient (Wildman–Crippen LogP) is 5.57. The van der Waals surface area contributed by atoms with E-state index in [1.807, 2.05) is 0 Å². The van der Waals surface area contributed by atoms with Crippen LogP contribution in [0, 0.1) is 18.6 Å². The van der Waals surface area contributed by atoms with E-state index in [-0.39, 0.29) is 28.1 Å². The molecule has 3 rings (SSSR count). The van der Waals surface area contributed by atoms with Crippen LogP contribution in [0.4, 0.5) is 30.7 Å². The minimum atomic E-state index is -4.95. The van der Waals surface area contributed by atoms with Gasteiger partial charge in [-0.3, -0.25) is 0 Å². The van der Waals surface area contributed by atoms with Crippen molar-refractivity contribution < 1.29 is 43.9 Å². The molecule has 3 aromatic rings. The summed E-state index contributed by atoms with van der Waals surface area (Å²) >= 11 is 0. The number of aryl methyl sites for hydroxylation is 1. The molecule has 0 saturated carbocycles. The van der Waals surface area contributed by atoms with Crippen molar-refractivity contribution >= 4 is 9.84 Å². The predicted molar refractivity (Wildman–Crippen MR) is 98.9 cm³/mol. The van der Waals surface area contributed by atoms with E-state index in [1.54, 1.807) is 0 Å². The lowest BCUT2D eigenvalue weighted by Gasteiger charge is -2.12. The molecule has 0 atom stereocenters. The first-order valence-corrected chi connectivity index (χ1v) is 10.5. The van der Waals surface area contributed by atoms with Crippen LogP contribution < -0.4 is 4.74 Å². The Hall–Kier alpha value is -3.09. The summed E-state index contributed by atoms with van der Waals surface area (Å²) in [6.45, 7) is 1.27. The molecule has 2 aromatic carbocycles. The van der Waals surface area contributed by atoms with Crippen LogP contribution in [-0.4, -0.2) is 31.0 Å². The van der Waals surface area contributed by atoms with Gasteiger partial charge in [-0.05, 0) is 42.8 Å². The van der Waals surface area contributed by atoms with Crippen LogP contribution in [0.3, 0.4) is 0 Å². The van der Waals surface area contributed by atoms with E-state index in [4.69, 9.17) is 0 Å². The van der Waals surface area contributed by atoms with Gasteiger partial charge < -0.3 is 9.72 Å². The van der Waals surface area contributed by atoms with Crippen LogP contribution in [0.2, 0.25) is 0 Å². The third kappa shape index (κ3) is 4.87. The molecule has 172 valence electrons. The molecule has 0 radical (unpaired) electrons. The van der Waals surface area contributed by atoms with Gasteiger partial charge in [0.1, 0.15) is 22.3 Å². The maximum absolute atomic E-state index is 14.3. The highest BCUT2D eigenvalue weighted by molar-refractivity contribution is 7.90. The second kappa shape index (κ2) is 8.11. The first-order valence-electron chi connectivity index (χ1n) is 8.61. The van der Waals surface area contributed by atoms with Crippen LogP contribution in [-0.2, 0) is 9.84 Å². The smallest absolute Gasteiger partial charge is 0.406 e. The maximum Gasteiger partial charge on any atom is 0.573 e. The Balaban J connectivity index is 2.18. The quantitative estimate of drug-likeness (QED) is 0.483. The monoisotopic (exact) mass is 482 g/mol. The number of halogens is 7. The topological polar surface area (TPSA) is 72.0 Å². The number of hydrogen-bond donors (Lipinski definition) is 1. The molecule has 1 N–H and O–H groups in total. The Bertz CT molecular complexity index is 1260. The highest BCUT2D eigenvalue weighted by Gasteiger charge is 2.32. The van der Waals surface area contributed by atoms with Crippen molar-refractivity contribution in [1.82, 2.24) is 9.97 Å². The van der Waals surface area contributed by atoms with E-state index in [0.29, 0.717) is 18.4 Å².